The molecule has 0 heterocycles. The molecule has 0 spiro atoms. The lowest BCUT2D eigenvalue weighted by atomic mass is 10.2. The van der Waals surface area contributed by atoms with Gasteiger partial charge in [0, 0.05) is 24.1 Å². The zero-order valence-electron chi connectivity index (χ0n) is 13.0. The van der Waals surface area contributed by atoms with Gasteiger partial charge in [0.25, 0.3) is 0 Å². The van der Waals surface area contributed by atoms with Gasteiger partial charge in [-0.2, -0.15) is 5.10 Å². The van der Waals surface area contributed by atoms with Crippen molar-refractivity contribution in [3.05, 3.63) is 64.1 Å². The number of nitrogens with zero attached hydrogens (tertiary/aromatic N) is 1. The van der Waals surface area contributed by atoms with Crippen LogP contribution in [-0.4, -0.2) is 18.7 Å². The minimum Gasteiger partial charge on any atom is -0.492 e. The fourth-order valence-corrected chi connectivity index (χ4v) is 2.41. The number of hydrogen-bond acceptors (Lipinski definition) is 3. The van der Waals surface area contributed by atoms with Gasteiger partial charge in [-0.25, -0.2) is 5.43 Å². The molecule has 1 amide bonds. The van der Waals surface area contributed by atoms with Gasteiger partial charge in [0.05, 0.1) is 11.6 Å². The average Bonchev–Trinajstić information content (AvgIpc) is 2.58. The summed E-state index contributed by atoms with van der Waals surface area (Å²) in [6, 6.07) is 14.9. The van der Waals surface area contributed by atoms with E-state index in [1.807, 2.05) is 30.3 Å². The number of carbonyl (C=O) groups is 1. The molecule has 6 heteroatoms. The van der Waals surface area contributed by atoms with E-state index >= 15 is 0 Å². The van der Waals surface area contributed by atoms with E-state index in [0.29, 0.717) is 41.7 Å². The van der Waals surface area contributed by atoms with Crippen molar-refractivity contribution >= 4 is 35.3 Å². The molecule has 24 heavy (non-hydrogen) atoms. The lowest BCUT2D eigenvalue weighted by Gasteiger charge is -2.07. The van der Waals surface area contributed by atoms with E-state index in [1.165, 1.54) is 0 Å². The third kappa shape index (κ3) is 6.60. The molecule has 0 unspecified atom stereocenters. The van der Waals surface area contributed by atoms with Gasteiger partial charge in [-0.1, -0.05) is 53.5 Å². The Kier molecular flexibility index (Phi) is 7.59. The second-order valence-corrected chi connectivity index (χ2v) is 5.91. The van der Waals surface area contributed by atoms with E-state index < -0.39 is 0 Å². The fraction of sp³-hybridized carbons (Fsp3) is 0.222. The molecule has 2 rings (SSSR count). The lowest BCUT2D eigenvalue weighted by Crippen LogP contribution is -2.18. The van der Waals surface area contributed by atoms with E-state index in [9.17, 15) is 4.79 Å². The lowest BCUT2D eigenvalue weighted by molar-refractivity contribution is -0.121. The molecule has 0 aliphatic carbocycles. The molecule has 0 saturated carbocycles. The second kappa shape index (κ2) is 9.96. The average molecular weight is 365 g/mol. The molecular formula is C18H18Cl2N2O2. The number of nitrogens with one attached hydrogen (secondary N) is 1. The predicted molar refractivity (Wildman–Crippen MR) is 98.0 cm³/mol. The fourth-order valence-electron chi connectivity index (χ4n) is 1.95. The highest BCUT2D eigenvalue weighted by molar-refractivity contribution is 6.35. The van der Waals surface area contributed by atoms with E-state index in [2.05, 4.69) is 10.5 Å². The summed E-state index contributed by atoms with van der Waals surface area (Å²) in [5.74, 6) is 0.410. The predicted octanol–water partition coefficient (Wildman–Crippen LogP) is 4.50. The van der Waals surface area contributed by atoms with Gasteiger partial charge in [-0.15, -0.1) is 0 Å². The van der Waals surface area contributed by atoms with Crippen LogP contribution in [0.4, 0.5) is 0 Å². The molecular weight excluding hydrogens is 347 g/mol. The quantitative estimate of drug-likeness (QED) is 0.426. The topological polar surface area (TPSA) is 50.7 Å². The smallest absolute Gasteiger partial charge is 0.240 e. The second-order valence-electron chi connectivity index (χ2n) is 5.06. The minimum atomic E-state index is -0.148. The first-order chi connectivity index (χ1) is 11.6. The number of halogens is 2. The number of carbonyl (C=O) groups excluding carboxylic acids is 1. The summed E-state index contributed by atoms with van der Waals surface area (Å²) in [6.45, 7) is 0.391. The monoisotopic (exact) mass is 364 g/mol. The Morgan fingerprint density at radius 1 is 1.17 bits per heavy atom. The van der Waals surface area contributed by atoms with Crippen molar-refractivity contribution < 1.29 is 9.53 Å². The first kappa shape index (κ1) is 18.3. The summed E-state index contributed by atoms with van der Waals surface area (Å²) in [6.07, 6.45) is 3.25. The van der Waals surface area contributed by atoms with Crippen LogP contribution in [-0.2, 0) is 11.2 Å². The molecule has 4 nitrogen and oxygen atoms in total. The van der Waals surface area contributed by atoms with Crippen LogP contribution in [0.5, 0.6) is 5.75 Å². The highest BCUT2D eigenvalue weighted by Gasteiger charge is 2.03. The third-order valence-corrected chi connectivity index (χ3v) is 3.68. The Morgan fingerprint density at radius 2 is 1.96 bits per heavy atom. The third-order valence-electron chi connectivity index (χ3n) is 3.15. The first-order valence-electron chi connectivity index (χ1n) is 7.57. The molecule has 126 valence electrons. The molecule has 0 aliphatic rings. The van der Waals surface area contributed by atoms with Crippen LogP contribution in [0.1, 0.15) is 18.4 Å². The normalized spacial score (nSPS) is 10.8. The van der Waals surface area contributed by atoms with Gasteiger partial charge < -0.3 is 4.74 Å². The van der Waals surface area contributed by atoms with Crippen molar-refractivity contribution in [2.24, 2.45) is 5.10 Å². The molecule has 1 N–H and O–H groups in total. The number of hydrazone groups is 1. The maximum absolute atomic E-state index is 11.7. The highest BCUT2D eigenvalue weighted by Crippen LogP contribution is 2.27. The van der Waals surface area contributed by atoms with Crippen LogP contribution in [0.2, 0.25) is 10.0 Å². The zero-order valence-corrected chi connectivity index (χ0v) is 14.6. The summed E-state index contributed by atoms with van der Waals surface area (Å²) in [4.78, 5) is 11.7. The Hall–Kier alpha value is -2.04. The van der Waals surface area contributed by atoms with Crippen LogP contribution in [0.15, 0.2) is 53.6 Å². The number of amides is 1. The SMILES string of the molecule is O=C(CCCOc1ccc(Cl)cc1Cl)NN=CCc1ccccc1. The van der Waals surface area contributed by atoms with Gasteiger partial charge >= 0.3 is 0 Å². The van der Waals surface area contributed by atoms with Crippen LogP contribution in [0.25, 0.3) is 0 Å². The van der Waals surface area contributed by atoms with Gasteiger partial charge in [0.1, 0.15) is 5.75 Å². The summed E-state index contributed by atoms with van der Waals surface area (Å²) in [5, 5.41) is 4.94. The molecule has 0 bridgehead atoms. The van der Waals surface area contributed by atoms with Crippen molar-refractivity contribution in [3.8, 4) is 5.75 Å². The number of hydrogen-bond donors (Lipinski definition) is 1. The summed E-state index contributed by atoms with van der Waals surface area (Å²) in [5.41, 5.74) is 3.64. The molecule has 2 aromatic rings. The zero-order chi connectivity index (χ0) is 17.2. The summed E-state index contributed by atoms with van der Waals surface area (Å²) in [7, 11) is 0. The molecule has 2 aromatic carbocycles. The summed E-state index contributed by atoms with van der Waals surface area (Å²) >= 11 is 11.8. The molecule has 0 radical (unpaired) electrons. The minimum absolute atomic E-state index is 0.148. The van der Waals surface area contributed by atoms with Gasteiger partial charge in [0.15, 0.2) is 0 Å². The Balaban J connectivity index is 1.61. The van der Waals surface area contributed by atoms with Crippen molar-refractivity contribution in [2.45, 2.75) is 19.3 Å². The van der Waals surface area contributed by atoms with Crippen molar-refractivity contribution in [2.75, 3.05) is 6.61 Å². The molecule has 0 saturated heterocycles. The van der Waals surface area contributed by atoms with Crippen LogP contribution < -0.4 is 10.2 Å². The van der Waals surface area contributed by atoms with Crippen molar-refractivity contribution in [1.29, 1.82) is 0 Å². The van der Waals surface area contributed by atoms with Gasteiger partial charge in [-0.05, 0) is 30.2 Å². The standard InChI is InChI=1S/C18H18Cl2N2O2/c19-15-8-9-17(16(20)13-15)24-12-4-7-18(23)22-21-11-10-14-5-2-1-3-6-14/h1-3,5-6,8-9,11,13H,4,7,10,12H2,(H,22,23). The number of ether oxygens (including phenoxy) is 1. The number of rotatable bonds is 8. The molecule has 0 aromatic heterocycles. The van der Waals surface area contributed by atoms with E-state index in [-0.39, 0.29) is 5.91 Å². The molecule has 0 atom stereocenters. The van der Waals surface area contributed by atoms with Crippen molar-refractivity contribution in [1.82, 2.24) is 5.43 Å². The molecule has 0 aliphatic heterocycles. The van der Waals surface area contributed by atoms with Crippen molar-refractivity contribution in [3.63, 3.8) is 0 Å². The molecule has 0 fully saturated rings. The Labute approximate surface area is 151 Å². The van der Waals surface area contributed by atoms with Gasteiger partial charge in [-0.3, -0.25) is 4.79 Å². The number of benzene rings is 2. The first-order valence-corrected chi connectivity index (χ1v) is 8.33. The summed E-state index contributed by atoms with van der Waals surface area (Å²) < 4.78 is 5.52. The van der Waals surface area contributed by atoms with E-state index in [0.717, 1.165) is 5.56 Å². The highest BCUT2D eigenvalue weighted by atomic mass is 35.5. The Bertz CT molecular complexity index is 691. The largest absolute Gasteiger partial charge is 0.492 e. The Morgan fingerprint density at radius 3 is 2.71 bits per heavy atom. The van der Waals surface area contributed by atoms with Crippen LogP contribution >= 0.6 is 23.2 Å². The van der Waals surface area contributed by atoms with E-state index in [4.69, 9.17) is 27.9 Å². The van der Waals surface area contributed by atoms with Crippen LogP contribution in [0.3, 0.4) is 0 Å². The van der Waals surface area contributed by atoms with E-state index in [1.54, 1.807) is 24.4 Å². The van der Waals surface area contributed by atoms with Gasteiger partial charge in [0.2, 0.25) is 5.91 Å². The van der Waals surface area contributed by atoms with Crippen LogP contribution in [0, 0.1) is 0 Å². The maximum atomic E-state index is 11.7. The maximum Gasteiger partial charge on any atom is 0.240 e.